The van der Waals surface area contributed by atoms with Crippen molar-refractivity contribution in [3.05, 3.63) is 66.0 Å². The molecule has 0 spiro atoms. The second-order valence-electron chi connectivity index (χ2n) is 6.12. The molecule has 1 N–H and O–H groups in total. The summed E-state index contributed by atoms with van der Waals surface area (Å²) in [6, 6.07) is 13.1. The molecule has 0 aliphatic rings. The second kappa shape index (κ2) is 7.74. The van der Waals surface area contributed by atoms with Crippen molar-refractivity contribution in [1.82, 2.24) is 15.0 Å². The minimum absolute atomic E-state index is 0.253. The number of aryl methyl sites for hydroxylation is 1. The summed E-state index contributed by atoms with van der Waals surface area (Å²) in [6.07, 6.45) is 3.37. The van der Waals surface area contributed by atoms with Crippen molar-refractivity contribution in [1.29, 1.82) is 0 Å². The van der Waals surface area contributed by atoms with Crippen molar-refractivity contribution < 1.29 is 9.53 Å². The quantitative estimate of drug-likeness (QED) is 0.534. The van der Waals surface area contributed by atoms with E-state index in [1.54, 1.807) is 35.9 Å². The molecule has 4 rings (SSSR count). The fourth-order valence-corrected chi connectivity index (χ4v) is 3.74. The zero-order valence-electron chi connectivity index (χ0n) is 15.5. The van der Waals surface area contributed by atoms with Gasteiger partial charge in [-0.15, -0.1) is 0 Å². The first kappa shape index (κ1) is 18.1. The van der Waals surface area contributed by atoms with Gasteiger partial charge < -0.3 is 10.1 Å². The van der Waals surface area contributed by atoms with Gasteiger partial charge >= 0.3 is 0 Å². The van der Waals surface area contributed by atoms with Crippen LogP contribution in [0.1, 0.15) is 22.8 Å². The first-order chi connectivity index (χ1) is 13.7. The predicted octanol–water partition coefficient (Wildman–Crippen LogP) is 4.71. The maximum atomic E-state index is 12.7. The van der Waals surface area contributed by atoms with E-state index >= 15 is 0 Å². The van der Waals surface area contributed by atoms with E-state index in [1.165, 1.54) is 0 Å². The molecule has 0 aliphatic carbocycles. The highest BCUT2D eigenvalue weighted by atomic mass is 32.1. The predicted molar refractivity (Wildman–Crippen MR) is 111 cm³/mol. The van der Waals surface area contributed by atoms with Crippen molar-refractivity contribution in [2.24, 2.45) is 0 Å². The number of ether oxygens (including phenoxy) is 1. The van der Waals surface area contributed by atoms with E-state index in [4.69, 9.17) is 4.74 Å². The highest BCUT2D eigenvalue weighted by Crippen LogP contribution is 2.31. The Morgan fingerprint density at radius 2 is 1.96 bits per heavy atom. The molecule has 3 aromatic heterocycles. The second-order valence-corrected chi connectivity index (χ2v) is 7.10. The Labute approximate surface area is 166 Å². The highest BCUT2D eigenvalue weighted by molar-refractivity contribution is 7.21. The van der Waals surface area contributed by atoms with Crippen molar-refractivity contribution in [2.45, 2.75) is 13.8 Å². The molecular formula is C21H18N4O2S. The Hall–Kier alpha value is -3.32. The normalized spacial score (nSPS) is 10.8. The standard InChI is InChI=1S/C21H18N4O2S/c1-3-27-19-15(6-4-10-22-19)18(26)24-16-9-8-14(12-13(16)2)20-25-17-7-5-11-23-21(17)28-20/h4-12H,3H2,1-2H3,(H,24,26). The van der Waals surface area contributed by atoms with E-state index in [9.17, 15) is 4.79 Å². The van der Waals surface area contributed by atoms with Gasteiger partial charge in [-0.05, 0) is 61.9 Å². The number of hydrogen-bond donors (Lipinski definition) is 1. The van der Waals surface area contributed by atoms with Gasteiger partial charge in [-0.1, -0.05) is 11.3 Å². The van der Waals surface area contributed by atoms with E-state index in [2.05, 4.69) is 20.3 Å². The number of fused-ring (bicyclic) bond motifs is 1. The molecular weight excluding hydrogens is 372 g/mol. The number of nitrogens with zero attached hydrogens (tertiary/aromatic N) is 3. The number of anilines is 1. The van der Waals surface area contributed by atoms with Crippen LogP contribution in [0.2, 0.25) is 0 Å². The van der Waals surface area contributed by atoms with Crippen LogP contribution in [0.5, 0.6) is 5.88 Å². The third kappa shape index (κ3) is 3.57. The van der Waals surface area contributed by atoms with Crippen LogP contribution in [0.25, 0.3) is 20.9 Å². The average molecular weight is 390 g/mol. The first-order valence-electron chi connectivity index (χ1n) is 8.87. The van der Waals surface area contributed by atoms with Crippen molar-refractivity contribution >= 4 is 33.3 Å². The van der Waals surface area contributed by atoms with Gasteiger partial charge in [-0.2, -0.15) is 0 Å². The van der Waals surface area contributed by atoms with Crippen molar-refractivity contribution in [3.8, 4) is 16.5 Å². The number of benzene rings is 1. The Kier molecular flexibility index (Phi) is 4.99. The molecule has 0 radical (unpaired) electrons. The van der Waals surface area contributed by atoms with Gasteiger partial charge in [0.25, 0.3) is 5.91 Å². The molecule has 1 aromatic carbocycles. The van der Waals surface area contributed by atoms with Crippen LogP contribution in [0.15, 0.2) is 54.9 Å². The van der Waals surface area contributed by atoms with Crippen molar-refractivity contribution in [2.75, 3.05) is 11.9 Å². The van der Waals surface area contributed by atoms with Crippen LogP contribution in [0.3, 0.4) is 0 Å². The Bertz CT molecular complexity index is 1120. The molecule has 28 heavy (non-hydrogen) atoms. The summed E-state index contributed by atoms with van der Waals surface area (Å²) >= 11 is 1.55. The summed E-state index contributed by atoms with van der Waals surface area (Å²) in [5.41, 5.74) is 3.97. The van der Waals surface area contributed by atoms with Crippen LogP contribution in [0, 0.1) is 6.92 Å². The molecule has 0 aliphatic heterocycles. The average Bonchev–Trinajstić information content (AvgIpc) is 3.14. The largest absolute Gasteiger partial charge is 0.477 e. The highest BCUT2D eigenvalue weighted by Gasteiger charge is 2.15. The number of carbonyl (C=O) groups is 1. The molecule has 4 aromatic rings. The fourth-order valence-electron chi connectivity index (χ4n) is 2.84. The van der Waals surface area contributed by atoms with Crippen LogP contribution in [-0.4, -0.2) is 27.5 Å². The zero-order chi connectivity index (χ0) is 19.5. The van der Waals surface area contributed by atoms with E-state index in [0.717, 1.165) is 32.2 Å². The summed E-state index contributed by atoms with van der Waals surface area (Å²) in [5.74, 6) is 0.0790. The number of rotatable bonds is 5. The molecule has 0 unspecified atom stereocenters. The third-order valence-electron chi connectivity index (χ3n) is 4.18. The first-order valence-corrected chi connectivity index (χ1v) is 9.69. The molecule has 7 heteroatoms. The summed E-state index contributed by atoms with van der Waals surface area (Å²) in [6.45, 7) is 4.26. The Balaban J connectivity index is 1.59. The van der Waals surface area contributed by atoms with E-state index in [0.29, 0.717) is 18.1 Å². The minimum atomic E-state index is -0.253. The van der Waals surface area contributed by atoms with E-state index in [1.807, 2.05) is 44.2 Å². The van der Waals surface area contributed by atoms with Gasteiger partial charge in [0.2, 0.25) is 5.88 Å². The number of nitrogens with one attached hydrogen (secondary N) is 1. The van der Waals surface area contributed by atoms with Crippen LogP contribution < -0.4 is 10.1 Å². The van der Waals surface area contributed by atoms with Crippen LogP contribution in [-0.2, 0) is 0 Å². The molecule has 0 bridgehead atoms. The lowest BCUT2D eigenvalue weighted by atomic mass is 10.1. The van der Waals surface area contributed by atoms with Gasteiger partial charge in [0.15, 0.2) is 0 Å². The molecule has 0 saturated heterocycles. The number of pyridine rings is 2. The van der Waals surface area contributed by atoms with Gasteiger partial charge in [-0.25, -0.2) is 15.0 Å². The summed E-state index contributed by atoms with van der Waals surface area (Å²) in [5, 5.41) is 3.85. The minimum Gasteiger partial charge on any atom is -0.477 e. The zero-order valence-corrected chi connectivity index (χ0v) is 16.3. The smallest absolute Gasteiger partial charge is 0.261 e. The fraction of sp³-hybridized carbons (Fsp3) is 0.143. The number of hydrogen-bond acceptors (Lipinski definition) is 6. The molecule has 3 heterocycles. The lowest BCUT2D eigenvalue weighted by molar-refractivity contribution is 0.102. The van der Waals surface area contributed by atoms with Gasteiger partial charge in [0.05, 0.1) is 6.61 Å². The molecule has 6 nitrogen and oxygen atoms in total. The van der Waals surface area contributed by atoms with Gasteiger partial charge in [-0.3, -0.25) is 4.79 Å². The maximum Gasteiger partial charge on any atom is 0.261 e. The van der Waals surface area contributed by atoms with Crippen LogP contribution in [0.4, 0.5) is 5.69 Å². The summed E-state index contributed by atoms with van der Waals surface area (Å²) in [4.78, 5) is 26.7. The third-order valence-corrected chi connectivity index (χ3v) is 5.21. The lowest BCUT2D eigenvalue weighted by Crippen LogP contribution is -2.15. The Morgan fingerprint density at radius 3 is 2.75 bits per heavy atom. The Morgan fingerprint density at radius 1 is 1.14 bits per heavy atom. The molecule has 0 atom stereocenters. The van der Waals surface area contributed by atoms with Crippen LogP contribution >= 0.6 is 11.3 Å². The van der Waals surface area contributed by atoms with Crippen molar-refractivity contribution in [3.63, 3.8) is 0 Å². The number of amides is 1. The number of aromatic nitrogens is 3. The molecule has 0 fully saturated rings. The summed E-state index contributed by atoms with van der Waals surface area (Å²) in [7, 11) is 0. The summed E-state index contributed by atoms with van der Waals surface area (Å²) < 4.78 is 5.45. The molecule has 0 saturated carbocycles. The molecule has 1 amide bonds. The monoisotopic (exact) mass is 390 g/mol. The van der Waals surface area contributed by atoms with E-state index in [-0.39, 0.29) is 5.91 Å². The topological polar surface area (TPSA) is 77.0 Å². The number of carbonyl (C=O) groups excluding carboxylic acids is 1. The number of thiazole rings is 1. The lowest BCUT2D eigenvalue weighted by Gasteiger charge is -2.11. The molecule has 140 valence electrons. The van der Waals surface area contributed by atoms with Gasteiger partial charge in [0.1, 0.15) is 20.9 Å². The maximum absolute atomic E-state index is 12.7. The SMILES string of the molecule is CCOc1ncccc1C(=O)Nc1ccc(-c2nc3cccnc3s2)cc1C. The van der Waals surface area contributed by atoms with E-state index < -0.39 is 0 Å². The van der Waals surface area contributed by atoms with Gasteiger partial charge in [0, 0.05) is 23.6 Å².